The van der Waals surface area contributed by atoms with E-state index in [1.807, 2.05) is 17.0 Å². The zero-order chi connectivity index (χ0) is 13.9. The second-order valence-corrected chi connectivity index (χ2v) is 5.89. The number of hydrogen-bond acceptors (Lipinski definition) is 3. The van der Waals surface area contributed by atoms with Crippen molar-refractivity contribution in [3.63, 3.8) is 0 Å². The maximum atomic E-state index is 12.4. The average Bonchev–Trinajstić information content (AvgIpc) is 3.02. The van der Waals surface area contributed by atoms with Gasteiger partial charge in [-0.2, -0.15) is 0 Å². The lowest BCUT2D eigenvalue weighted by Crippen LogP contribution is -2.45. The van der Waals surface area contributed by atoms with Crippen molar-refractivity contribution in [2.75, 3.05) is 31.9 Å². The van der Waals surface area contributed by atoms with E-state index < -0.39 is 0 Å². The van der Waals surface area contributed by atoms with Crippen molar-refractivity contribution in [3.8, 4) is 0 Å². The van der Waals surface area contributed by atoms with Gasteiger partial charge in [0.2, 0.25) is 0 Å². The lowest BCUT2D eigenvalue weighted by atomic mass is 10.0. The first kappa shape index (κ1) is 13.4. The molecule has 2 saturated heterocycles. The Morgan fingerprint density at radius 1 is 1.00 bits per heavy atom. The van der Waals surface area contributed by atoms with E-state index in [0.717, 1.165) is 31.5 Å². The van der Waals surface area contributed by atoms with Crippen LogP contribution in [-0.4, -0.2) is 47.9 Å². The van der Waals surface area contributed by atoms with Crippen LogP contribution in [-0.2, 0) is 0 Å². The summed E-state index contributed by atoms with van der Waals surface area (Å²) in [5.74, 6) is 0.143. The first-order valence-corrected chi connectivity index (χ1v) is 7.63. The molecule has 1 aromatic rings. The summed E-state index contributed by atoms with van der Waals surface area (Å²) in [6.07, 6.45) is 4.90. The van der Waals surface area contributed by atoms with Crippen molar-refractivity contribution in [2.45, 2.75) is 31.7 Å². The minimum absolute atomic E-state index is 0.143. The Morgan fingerprint density at radius 2 is 1.60 bits per heavy atom. The van der Waals surface area contributed by atoms with E-state index in [-0.39, 0.29) is 5.91 Å². The highest BCUT2D eigenvalue weighted by Gasteiger charge is 2.28. The zero-order valence-corrected chi connectivity index (χ0v) is 11.9. The van der Waals surface area contributed by atoms with Gasteiger partial charge in [0.25, 0.3) is 5.91 Å². The fraction of sp³-hybridized carbons (Fsp3) is 0.562. The highest BCUT2D eigenvalue weighted by atomic mass is 16.2. The maximum Gasteiger partial charge on any atom is 0.253 e. The summed E-state index contributed by atoms with van der Waals surface area (Å²) in [6.45, 7) is 4.25. The van der Waals surface area contributed by atoms with Crippen molar-refractivity contribution in [1.82, 2.24) is 9.80 Å². The van der Waals surface area contributed by atoms with Gasteiger partial charge in [0.05, 0.1) is 0 Å². The topological polar surface area (TPSA) is 49.6 Å². The number of nitrogens with two attached hydrogens (primary N) is 1. The largest absolute Gasteiger partial charge is 0.399 e. The zero-order valence-electron chi connectivity index (χ0n) is 11.9. The molecule has 0 spiro atoms. The van der Waals surface area contributed by atoms with Gasteiger partial charge < -0.3 is 15.5 Å². The van der Waals surface area contributed by atoms with Crippen LogP contribution < -0.4 is 5.73 Å². The van der Waals surface area contributed by atoms with E-state index >= 15 is 0 Å². The van der Waals surface area contributed by atoms with Crippen LogP contribution in [0.15, 0.2) is 24.3 Å². The number of carbonyl (C=O) groups is 1. The molecule has 0 unspecified atom stereocenters. The second kappa shape index (κ2) is 5.83. The lowest BCUT2D eigenvalue weighted by molar-refractivity contribution is 0.0644. The number of benzene rings is 1. The quantitative estimate of drug-likeness (QED) is 0.838. The molecular formula is C16H23N3O. The van der Waals surface area contributed by atoms with Crippen molar-refractivity contribution < 1.29 is 4.79 Å². The molecule has 1 amide bonds. The number of likely N-dealkylation sites (tertiary alicyclic amines) is 2. The summed E-state index contributed by atoms with van der Waals surface area (Å²) < 4.78 is 0. The molecule has 2 fully saturated rings. The number of nitrogens with zero attached hydrogens (tertiary/aromatic N) is 2. The molecule has 2 aliphatic rings. The Hall–Kier alpha value is -1.55. The molecule has 0 aromatic heterocycles. The molecular weight excluding hydrogens is 250 g/mol. The SMILES string of the molecule is Nc1ccc(C(=O)N2CCC(N3CCCC3)CC2)cc1. The van der Waals surface area contributed by atoms with E-state index in [9.17, 15) is 4.79 Å². The van der Waals surface area contributed by atoms with Crippen LogP contribution in [0.1, 0.15) is 36.0 Å². The van der Waals surface area contributed by atoms with E-state index in [4.69, 9.17) is 5.73 Å². The summed E-state index contributed by atoms with van der Waals surface area (Å²) in [4.78, 5) is 17.0. The van der Waals surface area contributed by atoms with Gasteiger partial charge in [0.1, 0.15) is 0 Å². The molecule has 4 nitrogen and oxygen atoms in total. The van der Waals surface area contributed by atoms with Crippen LogP contribution in [0.25, 0.3) is 0 Å². The summed E-state index contributed by atoms with van der Waals surface area (Å²) in [6, 6.07) is 7.93. The van der Waals surface area contributed by atoms with E-state index in [1.54, 1.807) is 12.1 Å². The molecule has 2 aliphatic heterocycles. The van der Waals surface area contributed by atoms with Crippen molar-refractivity contribution >= 4 is 11.6 Å². The molecule has 3 rings (SSSR count). The minimum Gasteiger partial charge on any atom is -0.399 e. The third-order valence-corrected chi connectivity index (χ3v) is 4.57. The highest BCUT2D eigenvalue weighted by Crippen LogP contribution is 2.22. The molecule has 0 saturated carbocycles. The summed E-state index contributed by atoms with van der Waals surface area (Å²) in [5.41, 5.74) is 7.11. The van der Waals surface area contributed by atoms with Crippen LogP contribution in [0.5, 0.6) is 0 Å². The van der Waals surface area contributed by atoms with Gasteiger partial charge in [-0.3, -0.25) is 4.79 Å². The number of carbonyl (C=O) groups excluding carboxylic acids is 1. The fourth-order valence-electron chi connectivity index (χ4n) is 3.35. The Bertz CT molecular complexity index is 457. The van der Waals surface area contributed by atoms with Crippen LogP contribution in [0.3, 0.4) is 0 Å². The van der Waals surface area contributed by atoms with Crippen molar-refractivity contribution in [1.29, 1.82) is 0 Å². The molecule has 108 valence electrons. The summed E-state index contributed by atoms with van der Waals surface area (Å²) in [7, 11) is 0. The molecule has 0 atom stereocenters. The Morgan fingerprint density at radius 3 is 2.20 bits per heavy atom. The predicted octanol–water partition coefficient (Wildman–Crippen LogP) is 1.97. The Kier molecular flexibility index (Phi) is 3.92. The minimum atomic E-state index is 0.143. The standard InChI is InChI=1S/C16H23N3O/c17-14-5-3-13(4-6-14)16(20)19-11-7-15(8-12-19)18-9-1-2-10-18/h3-6,15H,1-2,7-12,17H2. The Balaban J connectivity index is 1.57. The number of hydrogen-bond donors (Lipinski definition) is 1. The maximum absolute atomic E-state index is 12.4. The van der Waals surface area contributed by atoms with Crippen molar-refractivity contribution in [3.05, 3.63) is 29.8 Å². The van der Waals surface area contributed by atoms with Gasteiger partial charge in [-0.1, -0.05) is 0 Å². The Labute approximate surface area is 120 Å². The van der Waals surface area contributed by atoms with Crippen LogP contribution in [0, 0.1) is 0 Å². The number of amides is 1. The van der Waals surface area contributed by atoms with Gasteiger partial charge in [0, 0.05) is 30.4 Å². The van der Waals surface area contributed by atoms with Gasteiger partial charge in [-0.25, -0.2) is 0 Å². The number of anilines is 1. The molecule has 2 N–H and O–H groups in total. The second-order valence-electron chi connectivity index (χ2n) is 5.89. The number of nitrogen functional groups attached to an aromatic ring is 1. The average molecular weight is 273 g/mol. The summed E-state index contributed by atoms with van der Waals surface area (Å²) >= 11 is 0. The van der Waals surface area contributed by atoms with E-state index in [1.165, 1.54) is 25.9 Å². The molecule has 20 heavy (non-hydrogen) atoms. The third kappa shape index (κ3) is 2.80. The van der Waals surface area contributed by atoms with Gasteiger partial charge in [0.15, 0.2) is 0 Å². The monoisotopic (exact) mass is 273 g/mol. The molecule has 4 heteroatoms. The van der Waals surface area contributed by atoms with Crippen LogP contribution in [0.4, 0.5) is 5.69 Å². The number of piperidine rings is 1. The molecule has 0 aliphatic carbocycles. The third-order valence-electron chi connectivity index (χ3n) is 4.57. The van der Waals surface area contributed by atoms with Gasteiger partial charge >= 0.3 is 0 Å². The van der Waals surface area contributed by atoms with Crippen LogP contribution >= 0.6 is 0 Å². The molecule has 1 aromatic carbocycles. The molecule has 2 heterocycles. The molecule has 0 bridgehead atoms. The van der Waals surface area contributed by atoms with Gasteiger partial charge in [-0.15, -0.1) is 0 Å². The van der Waals surface area contributed by atoms with Crippen molar-refractivity contribution in [2.24, 2.45) is 0 Å². The molecule has 0 radical (unpaired) electrons. The first-order valence-electron chi connectivity index (χ1n) is 7.63. The fourth-order valence-corrected chi connectivity index (χ4v) is 3.35. The first-order chi connectivity index (χ1) is 9.74. The van der Waals surface area contributed by atoms with Crippen LogP contribution in [0.2, 0.25) is 0 Å². The summed E-state index contributed by atoms with van der Waals surface area (Å²) in [5, 5.41) is 0. The lowest BCUT2D eigenvalue weighted by Gasteiger charge is -2.36. The van der Waals surface area contributed by atoms with E-state index in [0.29, 0.717) is 11.7 Å². The predicted molar refractivity (Wildman–Crippen MR) is 80.6 cm³/mol. The van der Waals surface area contributed by atoms with Gasteiger partial charge in [-0.05, 0) is 63.0 Å². The highest BCUT2D eigenvalue weighted by molar-refractivity contribution is 5.94. The number of rotatable bonds is 2. The normalized spacial score (nSPS) is 21.3. The smallest absolute Gasteiger partial charge is 0.253 e. The van der Waals surface area contributed by atoms with E-state index in [2.05, 4.69) is 4.90 Å².